The van der Waals surface area contributed by atoms with Crippen molar-refractivity contribution in [3.8, 4) is 17.0 Å². The van der Waals surface area contributed by atoms with E-state index in [-0.39, 0.29) is 22.1 Å². The molecule has 0 spiro atoms. The molecule has 3 rings (SSSR count). The van der Waals surface area contributed by atoms with Crippen LogP contribution in [0.4, 0.5) is 25.3 Å². The van der Waals surface area contributed by atoms with E-state index in [2.05, 4.69) is 15.6 Å². The van der Waals surface area contributed by atoms with Crippen LogP contribution in [0.2, 0.25) is 0 Å². The predicted octanol–water partition coefficient (Wildman–Crippen LogP) is 4.81. The first-order valence-corrected chi connectivity index (χ1v) is 8.97. The zero-order valence-corrected chi connectivity index (χ0v) is 15.9. The number of nitro groups is 1. The Morgan fingerprint density at radius 2 is 2.04 bits per heavy atom. The van der Waals surface area contributed by atoms with E-state index in [0.717, 1.165) is 12.1 Å². The van der Waals surface area contributed by atoms with E-state index in [1.54, 1.807) is 5.38 Å². The quantitative estimate of drug-likeness (QED) is 0.346. The molecular weight excluding hydrogens is 410 g/mol. The Hall–Kier alpha value is -3.18. The SMILES string of the molecule is COc1cc([N+](=O)[O-])ccc1NC(=S)Nc1nc(-c2ccc(F)cc2F)cs1. The third-order valence-electron chi connectivity index (χ3n) is 3.58. The van der Waals surface area contributed by atoms with Gasteiger partial charge in [0.1, 0.15) is 17.4 Å². The molecule has 7 nitrogen and oxygen atoms in total. The number of thiazole rings is 1. The van der Waals surface area contributed by atoms with E-state index in [1.807, 2.05) is 0 Å². The van der Waals surface area contributed by atoms with Gasteiger partial charge in [-0.25, -0.2) is 13.8 Å². The van der Waals surface area contributed by atoms with Gasteiger partial charge in [-0.1, -0.05) is 0 Å². The normalized spacial score (nSPS) is 10.4. The van der Waals surface area contributed by atoms with E-state index in [0.29, 0.717) is 16.5 Å². The molecular formula is C17H12F2N4O3S2. The molecule has 1 aromatic heterocycles. The molecule has 0 aliphatic carbocycles. The number of methoxy groups -OCH3 is 1. The van der Waals surface area contributed by atoms with Crippen molar-refractivity contribution in [3.63, 3.8) is 0 Å². The molecule has 0 saturated carbocycles. The molecule has 0 bridgehead atoms. The molecule has 144 valence electrons. The number of rotatable bonds is 5. The number of halogens is 2. The Bertz CT molecular complexity index is 1060. The first-order valence-electron chi connectivity index (χ1n) is 7.68. The summed E-state index contributed by atoms with van der Waals surface area (Å²) in [5.41, 5.74) is 0.807. The molecule has 0 saturated heterocycles. The summed E-state index contributed by atoms with van der Waals surface area (Å²) in [5.74, 6) is -1.14. The lowest BCUT2D eigenvalue weighted by Crippen LogP contribution is -2.19. The molecule has 11 heteroatoms. The number of hydrogen-bond acceptors (Lipinski definition) is 6. The second-order valence-corrected chi connectivity index (χ2v) is 6.65. The lowest BCUT2D eigenvalue weighted by molar-refractivity contribution is -0.384. The van der Waals surface area contributed by atoms with Crippen molar-refractivity contribution in [2.45, 2.75) is 0 Å². The van der Waals surface area contributed by atoms with Crippen molar-refractivity contribution in [2.24, 2.45) is 0 Å². The molecule has 0 amide bonds. The molecule has 0 fully saturated rings. The number of ether oxygens (including phenoxy) is 1. The van der Waals surface area contributed by atoms with E-state index in [9.17, 15) is 18.9 Å². The average Bonchev–Trinajstić information content (AvgIpc) is 3.09. The molecule has 0 atom stereocenters. The summed E-state index contributed by atoms with van der Waals surface area (Å²) in [5, 5.41) is 18.7. The van der Waals surface area contributed by atoms with Gasteiger partial charge in [-0.15, -0.1) is 11.3 Å². The maximum Gasteiger partial charge on any atom is 0.273 e. The van der Waals surface area contributed by atoms with Crippen LogP contribution in [-0.4, -0.2) is 22.1 Å². The highest BCUT2D eigenvalue weighted by atomic mass is 32.1. The summed E-state index contributed by atoms with van der Waals surface area (Å²) in [7, 11) is 1.38. The number of aromatic nitrogens is 1. The second kappa shape index (κ2) is 8.23. The Balaban J connectivity index is 1.72. The van der Waals surface area contributed by atoms with Gasteiger partial charge >= 0.3 is 0 Å². The van der Waals surface area contributed by atoms with Crippen LogP contribution in [0.5, 0.6) is 5.75 Å². The largest absolute Gasteiger partial charge is 0.494 e. The van der Waals surface area contributed by atoms with Gasteiger partial charge in [0.25, 0.3) is 5.69 Å². The molecule has 2 aromatic carbocycles. The van der Waals surface area contributed by atoms with Crippen molar-refractivity contribution >= 4 is 45.2 Å². The number of nitrogens with one attached hydrogen (secondary N) is 2. The van der Waals surface area contributed by atoms with Crippen LogP contribution in [0.15, 0.2) is 41.8 Å². The van der Waals surface area contributed by atoms with Crippen molar-refractivity contribution < 1.29 is 18.4 Å². The standard InChI is InChI=1S/C17H12F2N4O3S2/c1-26-15-7-10(23(24)25)3-5-13(15)20-16(27)22-17-21-14(8-28-17)11-4-2-9(18)6-12(11)19/h2-8H,1H3,(H2,20,21,22,27). The highest BCUT2D eigenvalue weighted by molar-refractivity contribution is 7.80. The van der Waals surface area contributed by atoms with Crippen LogP contribution >= 0.6 is 23.6 Å². The number of nitrogens with zero attached hydrogens (tertiary/aromatic N) is 2. The first-order chi connectivity index (χ1) is 13.4. The maximum atomic E-state index is 13.9. The van der Waals surface area contributed by atoms with Gasteiger partial charge in [0.05, 0.1) is 29.5 Å². The Labute approximate surface area is 167 Å². The van der Waals surface area contributed by atoms with E-state index in [1.165, 1.54) is 42.7 Å². The molecule has 0 aliphatic heterocycles. The van der Waals surface area contributed by atoms with Crippen LogP contribution in [0.3, 0.4) is 0 Å². The first kappa shape index (κ1) is 19.6. The highest BCUT2D eigenvalue weighted by Gasteiger charge is 2.14. The molecule has 1 heterocycles. The van der Waals surface area contributed by atoms with Gasteiger partial charge < -0.3 is 15.4 Å². The molecule has 3 aromatic rings. The number of benzene rings is 2. The summed E-state index contributed by atoms with van der Waals surface area (Å²) in [6, 6.07) is 7.29. The molecule has 0 aliphatic rings. The highest BCUT2D eigenvalue weighted by Crippen LogP contribution is 2.30. The minimum atomic E-state index is -0.715. The molecule has 0 radical (unpaired) electrons. The number of anilines is 2. The number of thiocarbonyl (C=S) groups is 1. The minimum Gasteiger partial charge on any atom is -0.494 e. The zero-order valence-electron chi connectivity index (χ0n) is 14.2. The average molecular weight is 422 g/mol. The summed E-state index contributed by atoms with van der Waals surface area (Å²) >= 11 is 6.39. The van der Waals surface area contributed by atoms with Crippen LogP contribution in [0, 0.1) is 21.7 Å². The summed E-state index contributed by atoms with van der Waals surface area (Å²) in [4.78, 5) is 14.5. The van der Waals surface area contributed by atoms with Gasteiger partial charge in [0, 0.05) is 23.1 Å². The van der Waals surface area contributed by atoms with Crippen molar-refractivity contribution in [2.75, 3.05) is 17.7 Å². The Morgan fingerprint density at radius 1 is 1.25 bits per heavy atom. The Kier molecular flexibility index (Phi) is 5.76. The second-order valence-electron chi connectivity index (χ2n) is 5.38. The van der Waals surface area contributed by atoms with Gasteiger partial charge in [0.2, 0.25) is 0 Å². The number of hydrogen-bond donors (Lipinski definition) is 2. The van der Waals surface area contributed by atoms with Gasteiger partial charge in [0.15, 0.2) is 10.2 Å². The van der Waals surface area contributed by atoms with Crippen molar-refractivity contribution in [3.05, 3.63) is 63.5 Å². The maximum absolute atomic E-state index is 13.9. The smallest absolute Gasteiger partial charge is 0.273 e. The summed E-state index contributed by atoms with van der Waals surface area (Å²) in [6.07, 6.45) is 0. The summed E-state index contributed by atoms with van der Waals surface area (Å²) in [6.45, 7) is 0. The summed E-state index contributed by atoms with van der Waals surface area (Å²) < 4.78 is 32.0. The number of nitro benzene ring substituents is 1. The third kappa shape index (κ3) is 4.38. The fourth-order valence-electron chi connectivity index (χ4n) is 2.30. The van der Waals surface area contributed by atoms with E-state index < -0.39 is 16.6 Å². The topological polar surface area (TPSA) is 89.3 Å². The predicted molar refractivity (Wildman–Crippen MR) is 107 cm³/mol. The molecule has 2 N–H and O–H groups in total. The van der Waals surface area contributed by atoms with Gasteiger partial charge in [-0.3, -0.25) is 10.1 Å². The zero-order chi connectivity index (χ0) is 20.3. The van der Waals surface area contributed by atoms with Crippen molar-refractivity contribution in [1.82, 2.24) is 4.98 Å². The Morgan fingerprint density at radius 3 is 2.71 bits per heavy atom. The lowest BCUT2D eigenvalue weighted by Gasteiger charge is -2.12. The third-order valence-corrected chi connectivity index (χ3v) is 4.54. The van der Waals surface area contributed by atoms with Crippen LogP contribution in [0.25, 0.3) is 11.3 Å². The van der Waals surface area contributed by atoms with Crippen LogP contribution < -0.4 is 15.4 Å². The van der Waals surface area contributed by atoms with Gasteiger partial charge in [-0.2, -0.15) is 0 Å². The fourth-order valence-corrected chi connectivity index (χ4v) is 3.29. The lowest BCUT2D eigenvalue weighted by atomic mass is 10.1. The molecule has 28 heavy (non-hydrogen) atoms. The monoisotopic (exact) mass is 422 g/mol. The van der Waals surface area contributed by atoms with Crippen LogP contribution in [-0.2, 0) is 0 Å². The molecule has 0 unspecified atom stereocenters. The van der Waals surface area contributed by atoms with E-state index >= 15 is 0 Å². The fraction of sp³-hybridized carbons (Fsp3) is 0.0588. The number of non-ortho nitro benzene ring substituents is 1. The van der Waals surface area contributed by atoms with Crippen molar-refractivity contribution in [1.29, 1.82) is 0 Å². The minimum absolute atomic E-state index is 0.118. The van der Waals surface area contributed by atoms with Gasteiger partial charge in [-0.05, 0) is 30.4 Å². The van der Waals surface area contributed by atoms with Crippen LogP contribution in [0.1, 0.15) is 0 Å². The van der Waals surface area contributed by atoms with E-state index in [4.69, 9.17) is 17.0 Å².